The highest BCUT2D eigenvalue weighted by Gasteiger charge is 2.37. The molecule has 1 aliphatic heterocycles. The third kappa shape index (κ3) is 4.88. The number of benzene rings is 2. The Morgan fingerprint density at radius 2 is 1.87 bits per heavy atom. The quantitative estimate of drug-likeness (QED) is 0.411. The maximum absolute atomic E-state index is 14.5. The summed E-state index contributed by atoms with van der Waals surface area (Å²) in [6.07, 6.45) is 1.84. The fourth-order valence-electron chi connectivity index (χ4n) is 3.09. The number of rotatable bonds is 7. The lowest BCUT2D eigenvalue weighted by molar-refractivity contribution is -0.128. The Kier molecular flexibility index (Phi) is 7.22. The number of carbonyl (C=O) groups excluding carboxylic acids is 2. The summed E-state index contributed by atoms with van der Waals surface area (Å²) in [5.74, 6) is -4.10. The second-order valence-corrected chi connectivity index (χ2v) is 8.33. The van der Waals surface area contributed by atoms with E-state index in [-0.39, 0.29) is 36.2 Å². The molecule has 1 aliphatic rings. The highest BCUT2D eigenvalue weighted by molar-refractivity contribution is 14.1. The van der Waals surface area contributed by atoms with E-state index in [1.807, 2.05) is 29.5 Å². The highest BCUT2D eigenvalue weighted by Crippen LogP contribution is 2.31. The summed E-state index contributed by atoms with van der Waals surface area (Å²) in [5, 5.41) is 5.32. The Bertz CT molecular complexity index is 965. The lowest BCUT2D eigenvalue weighted by Gasteiger charge is -2.38. The van der Waals surface area contributed by atoms with Crippen LogP contribution in [0.5, 0.6) is 0 Å². The van der Waals surface area contributed by atoms with Crippen molar-refractivity contribution in [1.82, 2.24) is 10.2 Å². The van der Waals surface area contributed by atoms with Crippen molar-refractivity contribution >= 4 is 45.8 Å². The third-order valence-electron chi connectivity index (χ3n) is 4.89. The van der Waals surface area contributed by atoms with E-state index in [0.717, 1.165) is 25.0 Å². The van der Waals surface area contributed by atoms with Gasteiger partial charge in [0.05, 0.1) is 22.9 Å². The first-order valence-corrected chi connectivity index (χ1v) is 10.7. The van der Waals surface area contributed by atoms with E-state index >= 15 is 0 Å². The van der Waals surface area contributed by atoms with Crippen LogP contribution < -0.4 is 10.6 Å². The van der Waals surface area contributed by atoms with E-state index in [1.165, 1.54) is 17.0 Å². The summed E-state index contributed by atoms with van der Waals surface area (Å²) in [6.45, 7) is 2.98. The van der Waals surface area contributed by atoms with Gasteiger partial charge in [0.2, 0.25) is 5.91 Å². The van der Waals surface area contributed by atoms with Crippen LogP contribution in [0.2, 0.25) is 0 Å². The number of halogens is 4. The smallest absolute Gasteiger partial charge is 0.256 e. The fraction of sp³-hybridized carbons (Fsp3) is 0.333. The largest absolute Gasteiger partial charge is 0.356 e. The molecule has 9 heteroatoms. The molecule has 160 valence electrons. The van der Waals surface area contributed by atoms with E-state index < -0.39 is 29.0 Å². The number of nitrogens with one attached hydrogen (secondary N) is 2. The van der Waals surface area contributed by atoms with Crippen molar-refractivity contribution in [2.75, 3.05) is 25.0 Å². The van der Waals surface area contributed by atoms with E-state index in [1.54, 1.807) is 6.07 Å². The molecule has 0 bridgehead atoms. The van der Waals surface area contributed by atoms with Gasteiger partial charge in [0, 0.05) is 23.2 Å². The summed E-state index contributed by atoms with van der Waals surface area (Å²) < 4.78 is 43.1. The van der Waals surface area contributed by atoms with Crippen LogP contribution in [0.3, 0.4) is 0 Å². The van der Waals surface area contributed by atoms with Crippen molar-refractivity contribution in [3.05, 3.63) is 56.9 Å². The van der Waals surface area contributed by atoms with Gasteiger partial charge in [0.25, 0.3) is 5.91 Å². The van der Waals surface area contributed by atoms with Gasteiger partial charge in [0.15, 0.2) is 11.6 Å². The zero-order chi connectivity index (χ0) is 21.8. The van der Waals surface area contributed by atoms with E-state index in [0.29, 0.717) is 10.1 Å². The molecule has 0 aliphatic carbocycles. The van der Waals surface area contributed by atoms with Crippen molar-refractivity contribution in [3.8, 4) is 0 Å². The number of nitrogens with zero attached hydrogens (tertiary/aromatic N) is 1. The zero-order valence-electron chi connectivity index (χ0n) is 16.3. The standard InChI is InChI=1S/C21H21F3IN3O2/c1-2-3-8-26-20(29)12-10-28(11-12)21(30)14-5-6-15(22)18(24)19(14)27-17-7-4-13(25)9-16(17)23/h4-7,9,12,27H,2-3,8,10-11H2,1H3,(H,26,29). The lowest BCUT2D eigenvalue weighted by Crippen LogP contribution is -2.55. The normalized spacial score (nSPS) is 13.7. The van der Waals surface area contributed by atoms with E-state index in [9.17, 15) is 22.8 Å². The molecule has 2 amide bonds. The summed E-state index contributed by atoms with van der Waals surface area (Å²) >= 11 is 1.93. The number of hydrogen-bond donors (Lipinski definition) is 2. The molecule has 0 atom stereocenters. The minimum Gasteiger partial charge on any atom is -0.356 e. The molecule has 1 heterocycles. The van der Waals surface area contributed by atoms with E-state index in [2.05, 4.69) is 10.6 Å². The monoisotopic (exact) mass is 531 g/mol. The van der Waals surface area contributed by atoms with Gasteiger partial charge in [-0.25, -0.2) is 13.2 Å². The highest BCUT2D eigenvalue weighted by atomic mass is 127. The van der Waals surface area contributed by atoms with Crippen molar-refractivity contribution in [2.24, 2.45) is 5.92 Å². The Balaban J connectivity index is 1.76. The van der Waals surface area contributed by atoms with Crippen molar-refractivity contribution in [2.45, 2.75) is 19.8 Å². The van der Waals surface area contributed by atoms with Gasteiger partial charge >= 0.3 is 0 Å². The fourth-order valence-corrected chi connectivity index (χ4v) is 3.54. The molecule has 0 aromatic heterocycles. The van der Waals surface area contributed by atoms with Gasteiger partial charge in [-0.2, -0.15) is 0 Å². The minimum absolute atomic E-state index is 0.0780. The van der Waals surface area contributed by atoms with Gasteiger partial charge in [-0.1, -0.05) is 13.3 Å². The molecule has 3 rings (SSSR count). The van der Waals surface area contributed by atoms with Crippen LogP contribution in [-0.2, 0) is 4.79 Å². The molecule has 1 fully saturated rings. The maximum Gasteiger partial charge on any atom is 0.256 e. The molecule has 30 heavy (non-hydrogen) atoms. The second kappa shape index (κ2) is 9.67. The second-order valence-electron chi connectivity index (χ2n) is 7.08. The molecule has 2 N–H and O–H groups in total. The summed E-state index contributed by atoms with van der Waals surface area (Å²) in [5.41, 5.74) is -0.640. The Morgan fingerprint density at radius 3 is 2.53 bits per heavy atom. The van der Waals surface area contributed by atoms with Gasteiger partial charge < -0.3 is 15.5 Å². The van der Waals surface area contributed by atoms with Gasteiger partial charge in [-0.05, 0) is 59.3 Å². The number of carbonyl (C=O) groups is 2. The molecule has 0 saturated carbocycles. The first-order chi connectivity index (χ1) is 14.3. The van der Waals surface area contributed by atoms with Gasteiger partial charge in [0.1, 0.15) is 5.82 Å². The van der Waals surface area contributed by atoms with Gasteiger partial charge in [-0.3, -0.25) is 9.59 Å². The molecule has 2 aromatic carbocycles. The Morgan fingerprint density at radius 1 is 1.13 bits per heavy atom. The molecule has 1 saturated heterocycles. The van der Waals surface area contributed by atoms with Crippen molar-refractivity contribution < 1.29 is 22.8 Å². The van der Waals surface area contributed by atoms with Crippen LogP contribution >= 0.6 is 22.6 Å². The summed E-state index contributed by atoms with van der Waals surface area (Å²) in [6, 6.07) is 6.23. The van der Waals surface area contributed by atoms with Crippen LogP contribution in [0.15, 0.2) is 30.3 Å². The minimum atomic E-state index is -1.27. The number of likely N-dealkylation sites (tertiary alicyclic amines) is 1. The predicted molar refractivity (Wildman–Crippen MR) is 116 cm³/mol. The molecular formula is C21H21F3IN3O2. The number of amides is 2. The molecule has 0 spiro atoms. The van der Waals surface area contributed by atoms with Crippen LogP contribution in [0.4, 0.5) is 24.5 Å². The molecule has 0 radical (unpaired) electrons. The molecule has 0 unspecified atom stereocenters. The third-order valence-corrected chi connectivity index (χ3v) is 5.56. The molecule has 2 aromatic rings. The average Bonchev–Trinajstić information content (AvgIpc) is 2.66. The first kappa shape index (κ1) is 22.4. The van der Waals surface area contributed by atoms with Crippen molar-refractivity contribution in [1.29, 1.82) is 0 Å². The van der Waals surface area contributed by atoms with Crippen LogP contribution in [0.25, 0.3) is 0 Å². The number of anilines is 2. The summed E-state index contributed by atoms with van der Waals surface area (Å²) in [4.78, 5) is 26.3. The summed E-state index contributed by atoms with van der Waals surface area (Å²) in [7, 11) is 0. The molecule has 5 nitrogen and oxygen atoms in total. The molecular weight excluding hydrogens is 510 g/mol. The maximum atomic E-state index is 14.5. The zero-order valence-corrected chi connectivity index (χ0v) is 18.4. The Labute approximate surface area is 186 Å². The Hall–Kier alpha value is -2.30. The van der Waals surface area contributed by atoms with E-state index in [4.69, 9.17) is 0 Å². The first-order valence-electron chi connectivity index (χ1n) is 9.58. The van der Waals surface area contributed by atoms with Crippen LogP contribution in [0.1, 0.15) is 30.1 Å². The topological polar surface area (TPSA) is 61.4 Å². The van der Waals surface area contributed by atoms with Crippen LogP contribution in [-0.4, -0.2) is 36.3 Å². The van der Waals surface area contributed by atoms with Crippen molar-refractivity contribution in [3.63, 3.8) is 0 Å². The van der Waals surface area contributed by atoms with Gasteiger partial charge in [-0.15, -0.1) is 0 Å². The lowest BCUT2D eigenvalue weighted by atomic mass is 9.97. The number of unbranched alkanes of at least 4 members (excludes halogenated alkanes) is 1. The predicted octanol–water partition coefficient (Wildman–Crippen LogP) is 4.44. The SMILES string of the molecule is CCCCNC(=O)C1CN(C(=O)c2ccc(F)c(F)c2Nc2ccc(I)cc2F)C1. The average molecular weight is 531 g/mol. The van der Waals surface area contributed by atoms with Crippen LogP contribution in [0, 0.1) is 26.9 Å². The number of hydrogen-bond acceptors (Lipinski definition) is 3.